The van der Waals surface area contributed by atoms with Crippen LogP contribution in [0, 0.1) is 0 Å². The summed E-state index contributed by atoms with van der Waals surface area (Å²) in [5.41, 5.74) is 9.06. The summed E-state index contributed by atoms with van der Waals surface area (Å²) in [6.07, 6.45) is 3.61. The van der Waals surface area contributed by atoms with E-state index in [0.29, 0.717) is 24.0 Å². The van der Waals surface area contributed by atoms with E-state index in [1.165, 1.54) is 37.2 Å². The predicted octanol–water partition coefficient (Wildman–Crippen LogP) is 1.76. The molecule has 0 saturated carbocycles. The fourth-order valence-corrected chi connectivity index (χ4v) is 4.16. The molecule has 0 spiro atoms. The Labute approximate surface area is 108 Å². The zero-order chi connectivity index (χ0) is 12.1. The average molecular weight is 243 g/mol. The van der Waals surface area contributed by atoms with Gasteiger partial charge in [-0.25, -0.2) is 0 Å². The second-order valence-corrected chi connectivity index (χ2v) is 6.04. The molecule has 0 bridgehead atoms. The molecule has 0 aliphatic carbocycles. The van der Waals surface area contributed by atoms with Crippen LogP contribution in [0.4, 0.5) is 5.69 Å². The number of nitrogens with zero attached hydrogens (tertiary/aromatic N) is 1. The number of piperidine rings is 2. The van der Waals surface area contributed by atoms with Crippen molar-refractivity contribution < 1.29 is 0 Å². The molecular formula is C15H21N3. The molecular weight excluding hydrogens is 222 g/mol. The number of benzene rings is 1. The van der Waals surface area contributed by atoms with Gasteiger partial charge >= 0.3 is 0 Å². The number of hydrogen-bond donors (Lipinski definition) is 2. The van der Waals surface area contributed by atoms with Crippen LogP contribution in [0.3, 0.4) is 0 Å². The summed E-state index contributed by atoms with van der Waals surface area (Å²) in [6, 6.07) is 10.4. The van der Waals surface area contributed by atoms with E-state index >= 15 is 0 Å². The number of hydrogen-bond acceptors (Lipinski definition) is 3. The van der Waals surface area contributed by atoms with Crippen molar-refractivity contribution >= 4 is 5.69 Å². The van der Waals surface area contributed by atoms with Gasteiger partial charge in [-0.2, -0.15) is 0 Å². The summed E-state index contributed by atoms with van der Waals surface area (Å²) < 4.78 is 0. The predicted molar refractivity (Wildman–Crippen MR) is 73.8 cm³/mol. The van der Waals surface area contributed by atoms with Gasteiger partial charge in [0.1, 0.15) is 0 Å². The van der Waals surface area contributed by atoms with Crippen molar-refractivity contribution in [1.82, 2.24) is 4.90 Å². The van der Waals surface area contributed by atoms with Gasteiger partial charge < -0.3 is 11.1 Å². The average Bonchev–Trinajstić information content (AvgIpc) is 2.78. The lowest BCUT2D eigenvalue weighted by molar-refractivity contribution is 0.0805. The number of fused-ring (bicyclic) bond motifs is 5. The Kier molecular flexibility index (Phi) is 2.39. The van der Waals surface area contributed by atoms with Crippen molar-refractivity contribution in [3.05, 3.63) is 29.8 Å². The highest BCUT2D eigenvalue weighted by atomic mass is 15.2. The minimum Gasteiger partial charge on any atom is -0.380 e. The molecule has 18 heavy (non-hydrogen) atoms. The Morgan fingerprint density at radius 2 is 2.00 bits per heavy atom. The van der Waals surface area contributed by atoms with E-state index in [-0.39, 0.29) is 0 Å². The largest absolute Gasteiger partial charge is 0.380 e. The quantitative estimate of drug-likeness (QED) is 0.729. The van der Waals surface area contributed by atoms with Crippen molar-refractivity contribution in [2.75, 3.05) is 18.4 Å². The zero-order valence-electron chi connectivity index (χ0n) is 10.7. The van der Waals surface area contributed by atoms with Gasteiger partial charge in [-0.05, 0) is 44.0 Å². The van der Waals surface area contributed by atoms with Crippen molar-refractivity contribution in [2.45, 2.75) is 43.3 Å². The number of nitrogens with two attached hydrogens (primary N) is 1. The van der Waals surface area contributed by atoms with Crippen LogP contribution in [0.5, 0.6) is 0 Å². The molecule has 96 valence electrons. The first-order valence-electron chi connectivity index (χ1n) is 7.18. The summed E-state index contributed by atoms with van der Waals surface area (Å²) in [5.74, 6) is 0.702. The molecule has 3 heterocycles. The van der Waals surface area contributed by atoms with Crippen LogP contribution < -0.4 is 11.1 Å². The maximum Gasteiger partial charge on any atom is 0.0487 e. The smallest absolute Gasteiger partial charge is 0.0487 e. The second-order valence-electron chi connectivity index (χ2n) is 6.04. The maximum absolute atomic E-state index is 6.18. The lowest BCUT2D eigenvalue weighted by Gasteiger charge is -2.47. The molecule has 3 aliphatic rings. The van der Waals surface area contributed by atoms with E-state index < -0.39 is 0 Å². The minimum atomic E-state index is 0.399. The van der Waals surface area contributed by atoms with E-state index in [9.17, 15) is 0 Å². The van der Waals surface area contributed by atoms with Crippen molar-refractivity contribution in [3.63, 3.8) is 0 Å². The Bertz CT molecular complexity index is 459. The first-order chi connectivity index (χ1) is 8.83. The Morgan fingerprint density at radius 3 is 2.94 bits per heavy atom. The molecule has 2 fully saturated rings. The summed E-state index contributed by atoms with van der Waals surface area (Å²) in [6.45, 7) is 2.43. The molecule has 0 radical (unpaired) electrons. The van der Waals surface area contributed by atoms with Gasteiger partial charge in [-0.15, -0.1) is 0 Å². The van der Waals surface area contributed by atoms with Crippen molar-refractivity contribution in [2.24, 2.45) is 5.73 Å². The first kappa shape index (κ1) is 10.8. The van der Waals surface area contributed by atoms with Gasteiger partial charge in [0.15, 0.2) is 0 Å². The third-order valence-corrected chi connectivity index (χ3v) is 5.06. The highest BCUT2D eigenvalue weighted by Crippen LogP contribution is 2.44. The molecule has 1 aromatic carbocycles. The number of para-hydroxylation sites is 1. The third-order valence-electron chi connectivity index (χ3n) is 5.06. The zero-order valence-corrected chi connectivity index (χ0v) is 10.7. The van der Waals surface area contributed by atoms with Crippen LogP contribution in [-0.4, -0.2) is 36.1 Å². The molecule has 3 nitrogen and oxygen atoms in total. The van der Waals surface area contributed by atoms with E-state index in [4.69, 9.17) is 5.73 Å². The fraction of sp³-hybridized carbons (Fsp3) is 0.600. The van der Waals surface area contributed by atoms with Crippen LogP contribution in [0.2, 0.25) is 0 Å². The highest BCUT2D eigenvalue weighted by molar-refractivity contribution is 5.60. The highest BCUT2D eigenvalue weighted by Gasteiger charge is 2.44. The molecule has 0 aromatic heterocycles. The fourth-order valence-electron chi connectivity index (χ4n) is 4.16. The van der Waals surface area contributed by atoms with Gasteiger partial charge in [0.05, 0.1) is 0 Å². The molecule has 3 aliphatic heterocycles. The summed E-state index contributed by atoms with van der Waals surface area (Å²) in [4.78, 5) is 2.66. The lowest BCUT2D eigenvalue weighted by atomic mass is 9.79. The van der Waals surface area contributed by atoms with Crippen LogP contribution >= 0.6 is 0 Å². The standard InChI is InChI=1S/C15H21N3/c16-10-5-7-18-8-6-12-11-3-1-2-4-13(11)17-15(12)14(18)9-10/h1-4,10,12,14-15,17H,5-9,16H2. The Morgan fingerprint density at radius 1 is 1.17 bits per heavy atom. The Hall–Kier alpha value is -1.06. The monoisotopic (exact) mass is 243 g/mol. The van der Waals surface area contributed by atoms with Gasteiger partial charge in [-0.1, -0.05) is 18.2 Å². The van der Waals surface area contributed by atoms with Crippen LogP contribution in [0.25, 0.3) is 0 Å². The molecule has 2 saturated heterocycles. The second kappa shape index (κ2) is 3.97. The molecule has 4 unspecified atom stereocenters. The van der Waals surface area contributed by atoms with E-state index in [1.807, 2.05) is 0 Å². The van der Waals surface area contributed by atoms with Crippen LogP contribution in [0.15, 0.2) is 24.3 Å². The van der Waals surface area contributed by atoms with Crippen LogP contribution in [0.1, 0.15) is 30.7 Å². The van der Waals surface area contributed by atoms with Gasteiger partial charge in [0, 0.05) is 29.7 Å². The van der Waals surface area contributed by atoms with E-state index in [0.717, 1.165) is 6.42 Å². The normalized spacial score (nSPS) is 38.5. The van der Waals surface area contributed by atoms with Crippen molar-refractivity contribution in [1.29, 1.82) is 0 Å². The minimum absolute atomic E-state index is 0.399. The molecule has 0 amide bonds. The van der Waals surface area contributed by atoms with E-state index in [1.54, 1.807) is 0 Å². The topological polar surface area (TPSA) is 41.3 Å². The Balaban J connectivity index is 1.66. The van der Waals surface area contributed by atoms with Gasteiger partial charge in [0.25, 0.3) is 0 Å². The number of nitrogens with one attached hydrogen (secondary N) is 1. The van der Waals surface area contributed by atoms with Crippen LogP contribution in [-0.2, 0) is 0 Å². The SMILES string of the molecule is NC1CCN2CCC3c4ccccc4NC3C2C1. The van der Waals surface area contributed by atoms with Gasteiger partial charge in [0.2, 0.25) is 0 Å². The molecule has 3 heteroatoms. The summed E-state index contributed by atoms with van der Waals surface area (Å²) >= 11 is 0. The maximum atomic E-state index is 6.18. The van der Waals surface area contributed by atoms with E-state index in [2.05, 4.69) is 34.5 Å². The third kappa shape index (κ3) is 1.50. The molecule has 4 atom stereocenters. The lowest BCUT2D eigenvalue weighted by Crippen LogP contribution is -2.58. The van der Waals surface area contributed by atoms with Gasteiger partial charge in [-0.3, -0.25) is 4.90 Å². The first-order valence-corrected chi connectivity index (χ1v) is 7.18. The summed E-state index contributed by atoms with van der Waals surface area (Å²) in [5, 5.41) is 3.76. The number of anilines is 1. The molecule has 4 rings (SSSR count). The number of rotatable bonds is 0. The van der Waals surface area contributed by atoms with Crippen molar-refractivity contribution in [3.8, 4) is 0 Å². The summed E-state index contributed by atoms with van der Waals surface area (Å²) in [7, 11) is 0. The molecule has 1 aromatic rings. The molecule has 3 N–H and O–H groups in total.